The number of nitrogens with zero attached hydrogens (tertiary/aromatic N) is 5. The van der Waals surface area contributed by atoms with E-state index in [4.69, 9.17) is 4.74 Å². The molecular weight excluding hydrogens is 358 g/mol. The summed E-state index contributed by atoms with van der Waals surface area (Å²) < 4.78 is 62.8. The van der Waals surface area contributed by atoms with E-state index in [1.807, 2.05) is 0 Å². The molecule has 3 aromatic rings. The van der Waals surface area contributed by atoms with Crippen molar-refractivity contribution in [2.45, 2.75) is 25.8 Å². The summed E-state index contributed by atoms with van der Waals surface area (Å²) in [7, 11) is 1.50. The van der Waals surface area contributed by atoms with Crippen LogP contribution in [0.3, 0.4) is 0 Å². The fourth-order valence-corrected chi connectivity index (χ4v) is 2.11. The monoisotopic (exact) mass is 371 g/mol. The largest absolute Gasteiger partial charge is 0.463 e. The van der Waals surface area contributed by atoms with Crippen LogP contribution in [-0.4, -0.2) is 44.0 Å². The van der Waals surface area contributed by atoms with Crippen molar-refractivity contribution in [3.05, 3.63) is 36.3 Å². The highest BCUT2D eigenvalue weighted by Crippen LogP contribution is 2.27. The molecule has 7 nitrogen and oxygen atoms in total. The minimum Gasteiger partial charge on any atom is -0.463 e. The minimum atomic E-state index is -4.62. The molecule has 11 heteroatoms. The van der Waals surface area contributed by atoms with Crippen LogP contribution in [0.4, 0.5) is 17.6 Å². The molecule has 0 radical (unpaired) electrons. The first kappa shape index (κ1) is 18.0. The van der Waals surface area contributed by atoms with Crippen LogP contribution in [0, 0.1) is 5.82 Å². The van der Waals surface area contributed by atoms with Gasteiger partial charge in [0.1, 0.15) is 6.61 Å². The molecule has 138 valence electrons. The van der Waals surface area contributed by atoms with E-state index in [0.29, 0.717) is 17.2 Å². The molecule has 3 rings (SSSR count). The molecule has 3 aromatic heterocycles. The van der Waals surface area contributed by atoms with Crippen LogP contribution in [-0.2, 0) is 11.3 Å². The highest BCUT2D eigenvalue weighted by Gasteiger charge is 2.38. The van der Waals surface area contributed by atoms with Gasteiger partial charge in [0.15, 0.2) is 23.4 Å². The number of hydrogen-bond donors (Lipinski definition) is 0. The maximum atomic E-state index is 14.1. The number of pyridine rings is 1. The summed E-state index contributed by atoms with van der Waals surface area (Å²) in [5.41, 5.74) is 1.05. The molecular formula is C15H13F4N5O2. The molecule has 1 atom stereocenters. The second-order valence-electron chi connectivity index (χ2n) is 5.36. The average molecular weight is 371 g/mol. The van der Waals surface area contributed by atoms with Crippen molar-refractivity contribution in [1.29, 1.82) is 0 Å². The first-order chi connectivity index (χ1) is 12.3. The van der Waals surface area contributed by atoms with Crippen molar-refractivity contribution in [1.82, 2.24) is 24.6 Å². The lowest BCUT2D eigenvalue weighted by molar-refractivity contribution is -0.190. The first-order valence-corrected chi connectivity index (χ1v) is 7.37. The molecule has 0 aliphatic rings. The van der Waals surface area contributed by atoms with E-state index in [9.17, 15) is 17.6 Å². The quantitative estimate of drug-likeness (QED) is 0.642. The Labute approximate surface area is 144 Å². The molecule has 0 aromatic carbocycles. The molecule has 0 spiro atoms. The highest BCUT2D eigenvalue weighted by atomic mass is 19.4. The fraction of sp³-hybridized carbons (Fsp3) is 0.333. The van der Waals surface area contributed by atoms with Crippen molar-refractivity contribution in [3.8, 4) is 17.1 Å². The molecule has 0 N–H and O–H groups in total. The van der Waals surface area contributed by atoms with Gasteiger partial charge in [-0.3, -0.25) is 9.38 Å². The summed E-state index contributed by atoms with van der Waals surface area (Å²) in [5.74, 6) is -1.25. The number of alkyl halides is 3. The zero-order valence-corrected chi connectivity index (χ0v) is 13.7. The number of hydrogen-bond acceptors (Lipinski definition) is 6. The Morgan fingerprint density at radius 2 is 1.96 bits per heavy atom. The van der Waals surface area contributed by atoms with Crippen molar-refractivity contribution in [2.24, 2.45) is 0 Å². The molecule has 1 unspecified atom stereocenters. The molecule has 0 saturated carbocycles. The van der Waals surface area contributed by atoms with Crippen molar-refractivity contribution in [2.75, 3.05) is 7.11 Å². The van der Waals surface area contributed by atoms with E-state index in [-0.39, 0.29) is 12.2 Å². The van der Waals surface area contributed by atoms with Crippen LogP contribution in [0.2, 0.25) is 0 Å². The number of rotatable bonds is 5. The third-order valence-corrected chi connectivity index (χ3v) is 3.49. The number of aromatic nitrogens is 5. The van der Waals surface area contributed by atoms with Gasteiger partial charge in [-0.1, -0.05) is 0 Å². The van der Waals surface area contributed by atoms with E-state index in [2.05, 4.69) is 24.9 Å². The summed E-state index contributed by atoms with van der Waals surface area (Å²) >= 11 is 0. The highest BCUT2D eigenvalue weighted by molar-refractivity contribution is 5.59. The molecule has 0 fully saturated rings. The van der Waals surface area contributed by atoms with Gasteiger partial charge >= 0.3 is 6.18 Å². The van der Waals surface area contributed by atoms with Crippen LogP contribution >= 0.6 is 0 Å². The summed E-state index contributed by atoms with van der Waals surface area (Å²) in [6, 6.07) is 1.000. The summed E-state index contributed by atoms with van der Waals surface area (Å²) in [4.78, 5) is 7.76. The van der Waals surface area contributed by atoms with E-state index in [1.54, 1.807) is 10.6 Å². The molecule has 0 bridgehead atoms. The average Bonchev–Trinajstić information content (AvgIpc) is 2.98. The van der Waals surface area contributed by atoms with Gasteiger partial charge in [-0.15, -0.1) is 10.2 Å². The number of fused-ring (bicyclic) bond motifs is 1. The smallest absolute Gasteiger partial charge is 0.425 e. The first-order valence-electron chi connectivity index (χ1n) is 7.37. The number of methoxy groups -OCH3 is 1. The van der Waals surface area contributed by atoms with Gasteiger partial charge in [-0.25, -0.2) is 9.37 Å². The van der Waals surface area contributed by atoms with Crippen LogP contribution < -0.4 is 4.74 Å². The van der Waals surface area contributed by atoms with Gasteiger partial charge in [0.05, 0.1) is 11.9 Å². The Balaban J connectivity index is 1.91. The fourth-order valence-electron chi connectivity index (χ4n) is 2.11. The maximum absolute atomic E-state index is 14.1. The molecule has 0 amide bonds. The van der Waals surface area contributed by atoms with Gasteiger partial charge in [0.2, 0.25) is 0 Å². The van der Waals surface area contributed by atoms with Crippen molar-refractivity contribution >= 4 is 5.65 Å². The van der Waals surface area contributed by atoms with Gasteiger partial charge in [0, 0.05) is 25.1 Å². The Bertz CT molecular complexity index is 928. The Kier molecular flexibility index (Phi) is 4.72. The molecule has 0 aliphatic heterocycles. The summed E-state index contributed by atoms with van der Waals surface area (Å²) in [6.45, 7) is 0.979. The minimum absolute atomic E-state index is 0.208. The lowest BCUT2D eigenvalue weighted by Crippen LogP contribution is -2.31. The Morgan fingerprint density at radius 1 is 1.19 bits per heavy atom. The van der Waals surface area contributed by atoms with Gasteiger partial charge in [-0.2, -0.15) is 13.2 Å². The standard InChI is InChI=1S/C15H13F4N5O2/c1-8(15(17,18)19)26-14-10(16)3-9(4-21-14)11-6-24-12(5-20-11)22-23-13(24)7-25-2/h3-6,8H,7H2,1-2H3. The number of halogens is 4. The third-order valence-electron chi connectivity index (χ3n) is 3.49. The zero-order chi connectivity index (χ0) is 18.9. The van der Waals surface area contributed by atoms with Gasteiger partial charge in [-0.05, 0) is 13.0 Å². The number of ether oxygens (including phenoxy) is 2. The van der Waals surface area contributed by atoms with E-state index in [0.717, 1.165) is 13.0 Å². The lowest BCUT2D eigenvalue weighted by Gasteiger charge is -2.17. The molecule has 26 heavy (non-hydrogen) atoms. The summed E-state index contributed by atoms with van der Waals surface area (Å²) in [5, 5.41) is 7.85. The van der Waals surface area contributed by atoms with Gasteiger partial charge < -0.3 is 9.47 Å². The topological polar surface area (TPSA) is 74.4 Å². The predicted molar refractivity (Wildman–Crippen MR) is 80.8 cm³/mol. The molecule has 0 saturated heterocycles. The van der Waals surface area contributed by atoms with Crippen LogP contribution in [0.25, 0.3) is 16.9 Å². The molecule has 3 heterocycles. The maximum Gasteiger partial charge on any atom is 0.425 e. The van der Waals surface area contributed by atoms with Crippen LogP contribution in [0.5, 0.6) is 5.88 Å². The molecule has 0 aliphatic carbocycles. The Morgan fingerprint density at radius 3 is 2.62 bits per heavy atom. The van der Waals surface area contributed by atoms with E-state index >= 15 is 0 Å². The second-order valence-corrected chi connectivity index (χ2v) is 5.36. The van der Waals surface area contributed by atoms with Crippen LogP contribution in [0.15, 0.2) is 24.7 Å². The van der Waals surface area contributed by atoms with Crippen LogP contribution in [0.1, 0.15) is 12.7 Å². The predicted octanol–water partition coefficient (Wildman–Crippen LogP) is 2.80. The lowest BCUT2D eigenvalue weighted by atomic mass is 10.2. The third kappa shape index (κ3) is 3.57. The van der Waals surface area contributed by atoms with Crippen molar-refractivity contribution < 1.29 is 27.0 Å². The van der Waals surface area contributed by atoms with Gasteiger partial charge in [0.25, 0.3) is 5.88 Å². The van der Waals surface area contributed by atoms with E-state index < -0.39 is 24.0 Å². The summed E-state index contributed by atoms with van der Waals surface area (Å²) in [6.07, 6.45) is -2.64. The SMILES string of the molecule is COCc1nnc2cnc(-c3cnc(OC(C)C(F)(F)F)c(F)c3)cn12. The second kappa shape index (κ2) is 6.83. The zero-order valence-electron chi connectivity index (χ0n) is 13.7. The normalized spacial score (nSPS) is 13.2. The Hall–Kier alpha value is -2.82. The van der Waals surface area contributed by atoms with E-state index in [1.165, 1.54) is 19.5 Å². The van der Waals surface area contributed by atoms with Crippen molar-refractivity contribution in [3.63, 3.8) is 0 Å².